The minimum absolute atomic E-state index is 0.385. The van der Waals surface area contributed by atoms with Gasteiger partial charge in [0.05, 0.1) is 12.7 Å². The molecule has 0 aliphatic heterocycles. The van der Waals surface area contributed by atoms with Crippen molar-refractivity contribution in [3.63, 3.8) is 0 Å². The summed E-state index contributed by atoms with van der Waals surface area (Å²) in [5.41, 5.74) is 3.11. The number of aromatic nitrogens is 2. The minimum atomic E-state index is -0.437. The summed E-state index contributed by atoms with van der Waals surface area (Å²) in [6.45, 7) is 7.26. The van der Waals surface area contributed by atoms with Crippen LogP contribution in [0.4, 0.5) is 0 Å². The standard InChI is InChI=1S/C20H23N3O4/c1-7-15(20(24)25-5)16-10-8-9-11-17(16)27-19-12(2)13(3)21-18(22-19)14(4)23-26-6/h7-11H,1-6H3/b15-7-,23-14-. The number of ether oxygens (including phenoxy) is 2. The Hall–Kier alpha value is -3.22. The molecule has 142 valence electrons. The summed E-state index contributed by atoms with van der Waals surface area (Å²) in [7, 11) is 2.81. The van der Waals surface area contributed by atoms with Crippen molar-refractivity contribution in [2.24, 2.45) is 5.16 Å². The molecule has 0 N–H and O–H groups in total. The highest BCUT2D eigenvalue weighted by molar-refractivity contribution is 6.17. The number of methoxy groups -OCH3 is 1. The Morgan fingerprint density at radius 2 is 1.85 bits per heavy atom. The molecule has 0 radical (unpaired) electrons. The predicted octanol–water partition coefficient (Wildman–Crippen LogP) is 3.83. The van der Waals surface area contributed by atoms with Gasteiger partial charge in [0, 0.05) is 16.8 Å². The van der Waals surface area contributed by atoms with Gasteiger partial charge in [-0.15, -0.1) is 0 Å². The summed E-state index contributed by atoms with van der Waals surface area (Å²) in [4.78, 5) is 25.8. The predicted molar refractivity (Wildman–Crippen MR) is 103 cm³/mol. The van der Waals surface area contributed by atoms with Crippen LogP contribution >= 0.6 is 0 Å². The lowest BCUT2D eigenvalue weighted by molar-refractivity contribution is -0.133. The number of hydrogen-bond acceptors (Lipinski definition) is 7. The van der Waals surface area contributed by atoms with Gasteiger partial charge in [0.15, 0.2) is 5.82 Å². The van der Waals surface area contributed by atoms with Gasteiger partial charge in [0.2, 0.25) is 5.88 Å². The van der Waals surface area contributed by atoms with E-state index in [1.807, 2.05) is 26.0 Å². The average molecular weight is 369 g/mol. The van der Waals surface area contributed by atoms with Crippen molar-refractivity contribution >= 4 is 17.3 Å². The topological polar surface area (TPSA) is 82.9 Å². The number of para-hydroxylation sites is 1. The number of hydrogen-bond donors (Lipinski definition) is 0. The van der Waals surface area contributed by atoms with E-state index in [1.54, 1.807) is 32.1 Å². The summed E-state index contributed by atoms with van der Waals surface area (Å²) >= 11 is 0. The molecule has 7 heteroatoms. The highest BCUT2D eigenvalue weighted by Gasteiger charge is 2.18. The maximum atomic E-state index is 12.1. The van der Waals surface area contributed by atoms with Crippen LogP contribution in [-0.4, -0.2) is 35.9 Å². The third-order valence-electron chi connectivity index (χ3n) is 3.97. The molecule has 7 nitrogen and oxygen atoms in total. The molecular weight excluding hydrogens is 346 g/mol. The number of aryl methyl sites for hydroxylation is 1. The molecule has 0 aliphatic carbocycles. The van der Waals surface area contributed by atoms with Gasteiger partial charge in [0.1, 0.15) is 18.6 Å². The van der Waals surface area contributed by atoms with E-state index in [-0.39, 0.29) is 0 Å². The number of allylic oxidation sites excluding steroid dienone is 1. The fraction of sp³-hybridized carbons (Fsp3) is 0.300. The zero-order valence-corrected chi connectivity index (χ0v) is 16.4. The van der Waals surface area contributed by atoms with Gasteiger partial charge in [-0.25, -0.2) is 9.78 Å². The quantitative estimate of drug-likeness (QED) is 0.333. The smallest absolute Gasteiger partial charge is 0.338 e. The summed E-state index contributed by atoms with van der Waals surface area (Å²) in [6, 6.07) is 7.22. The highest BCUT2D eigenvalue weighted by Crippen LogP contribution is 2.32. The molecule has 2 aromatic rings. The van der Waals surface area contributed by atoms with E-state index in [2.05, 4.69) is 15.1 Å². The van der Waals surface area contributed by atoms with E-state index in [9.17, 15) is 4.79 Å². The minimum Gasteiger partial charge on any atom is -0.465 e. The van der Waals surface area contributed by atoms with Gasteiger partial charge < -0.3 is 14.3 Å². The second-order valence-corrected chi connectivity index (χ2v) is 5.71. The first kappa shape index (κ1) is 20.1. The van der Waals surface area contributed by atoms with Crippen molar-refractivity contribution in [2.45, 2.75) is 27.7 Å². The molecule has 0 atom stereocenters. The van der Waals surface area contributed by atoms with Gasteiger partial charge in [0.25, 0.3) is 0 Å². The number of carbonyl (C=O) groups excluding carboxylic acids is 1. The van der Waals surface area contributed by atoms with Gasteiger partial charge in [-0.3, -0.25) is 0 Å². The Morgan fingerprint density at radius 1 is 1.15 bits per heavy atom. The molecule has 0 saturated heterocycles. The second kappa shape index (κ2) is 8.93. The summed E-state index contributed by atoms with van der Waals surface area (Å²) in [6.07, 6.45) is 1.69. The maximum absolute atomic E-state index is 12.1. The maximum Gasteiger partial charge on any atom is 0.338 e. The van der Waals surface area contributed by atoms with Crippen LogP contribution in [0.25, 0.3) is 5.57 Å². The summed E-state index contributed by atoms with van der Waals surface area (Å²) < 4.78 is 10.9. The van der Waals surface area contributed by atoms with E-state index in [0.29, 0.717) is 34.3 Å². The average Bonchev–Trinajstić information content (AvgIpc) is 2.67. The zero-order chi connectivity index (χ0) is 20.0. The normalized spacial score (nSPS) is 11.9. The zero-order valence-electron chi connectivity index (χ0n) is 16.4. The first-order chi connectivity index (χ1) is 12.9. The van der Waals surface area contributed by atoms with Crippen LogP contribution in [0.15, 0.2) is 35.5 Å². The monoisotopic (exact) mass is 369 g/mol. The lowest BCUT2D eigenvalue weighted by Gasteiger charge is -2.15. The van der Waals surface area contributed by atoms with Crippen molar-refractivity contribution in [3.05, 3.63) is 53.0 Å². The number of benzene rings is 1. The second-order valence-electron chi connectivity index (χ2n) is 5.71. The number of carbonyl (C=O) groups is 1. The molecule has 0 bridgehead atoms. The van der Waals surface area contributed by atoms with Crippen molar-refractivity contribution in [2.75, 3.05) is 14.2 Å². The number of nitrogens with zero attached hydrogens (tertiary/aromatic N) is 3. The van der Waals surface area contributed by atoms with E-state index in [1.165, 1.54) is 14.2 Å². The third kappa shape index (κ3) is 4.49. The Bertz CT molecular complexity index is 904. The van der Waals surface area contributed by atoms with Crippen LogP contribution in [0.1, 0.15) is 36.5 Å². The number of esters is 1. The Labute approximate surface area is 158 Å². The molecule has 0 amide bonds. The third-order valence-corrected chi connectivity index (χ3v) is 3.97. The molecule has 0 unspecified atom stereocenters. The van der Waals surface area contributed by atoms with E-state index in [4.69, 9.17) is 14.3 Å². The van der Waals surface area contributed by atoms with Gasteiger partial charge in [-0.2, -0.15) is 4.98 Å². The van der Waals surface area contributed by atoms with E-state index in [0.717, 1.165) is 11.3 Å². The first-order valence-corrected chi connectivity index (χ1v) is 8.38. The molecule has 1 aromatic heterocycles. The van der Waals surface area contributed by atoms with E-state index < -0.39 is 5.97 Å². The molecule has 0 fully saturated rings. The fourth-order valence-electron chi connectivity index (χ4n) is 2.42. The van der Waals surface area contributed by atoms with Crippen LogP contribution in [0, 0.1) is 13.8 Å². The van der Waals surface area contributed by atoms with Gasteiger partial charge in [-0.05, 0) is 33.8 Å². The molecule has 27 heavy (non-hydrogen) atoms. The highest BCUT2D eigenvalue weighted by atomic mass is 16.6. The van der Waals surface area contributed by atoms with Crippen LogP contribution in [0.5, 0.6) is 11.6 Å². The Kier molecular flexibility index (Phi) is 6.65. The molecule has 1 aromatic carbocycles. The van der Waals surface area contributed by atoms with Crippen LogP contribution in [-0.2, 0) is 14.4 Å². The molecule has 0 saturated carbocycles. The number of oxime groups is 1. The first-order valence-electron chi connectivity index (χ1n) is 8.38. The molecular formula is C20H23N3O4. The molecule has 0 spiro atoms. The SMILES string of the molecule is C/C=C(\C(=O)OC)c1ccccc1Oc1nc(/C(C)=N\OC)nc(C)c1C. The Balaban J connectivity index is 2.52. The summed E-state index contributed by atoms with van der Waals surface area (Å²) in [5, 5.41) is 3.87. The molecule has 2 rings (SSSR count). The van der Waals surface area contributed by atoms with Crippen molar-refractivity contribution in [1.82, 2.24) is 9.97 Å². The van der Waals surface area contributed by atoms with Crippen LogP contribution < -0.4 is 4.74 Å². The fourth-order valence-corrected chi connectivity index (χ4v) is 2.42. The largest absolute Gasteiger partial charge is 0.465 e. The Morgan fingerprint density at radius 3 is 2.48 bits per heavy atom. The van der Waals surface area contributed by atoms with Crippen molar-refractivity contribution < 1.29 is 19.1 Å². The van der Waals surface area contributed by atoms with Crippen LogP contribution in [0.2, 0.25) is 0 Å². The van der Waals surface area contributed by atoms with Crippen molar-refractivity contribution in [1.29, 1.82) is 0 Å². The molecule has 1 heterocycles. The van der Waals surface area contributed by atoms with Gasteiger partial charge >= 0.3 is 5.97 Å². The van der Waals surface area contributed by atoms with Gasteiger partial charge in [-0.1, -0.05) is 29.4 Å². The van der Waals surface area contributed by atoms with Crippen LogP contribution in [0.3, 0.4) is 0 Å². The summed E-state index contributed by atoms with van der Waals surface area (Å²) in [5.74, 6) is 0.847. The lowest BCUT2D eigenvalue weighted by atomic mass is 10.0. The van der Waals surface area contributed by atoms with Crippen molar-refractivity contribution in [3.8, 4) is 11.6 Å². The number of rotatable bonds is 6. The lowest BCUT2D eigenvalue weighted by Crippen LogP contribution is -2.09. The molecule has 0 aliphatic rings. The van der Waals surface area contributed by atoms with E-state index >= 15 is 0 Å².